The van der Waals surface area contributed by atoms with Gasteiger partial charge in [-0.2, -0.15) is 0 Å². The van der Waals surface area contributed by atoms with Gasteiger partial charge in [-0.15, -0.1) is 11.3 Å². The molecule has 30 heavy (non-hydrogen) atoms. The van der Waals surface area contributed by atoms with Gasteiger partial charge >= 0.3 is 5.97 Å². The summed E-state index contributed by atoms with van der Waals surface area (Å²) in [7, 11) is 0. The van der Waals surface area contributed by atoms with Gasteiger partial charge < -0.3 is 4.74 Å². The number of thiophene rings is 1. The third kappa shape index (κ3) is 3.06. The van der Waals surface area contributed by atoms with Crippen molar-refractivity contribution in [2.24, 2.45) is 11.8 Å². The Kier molecular flexibility index (Phi) is 5.46. The van der Waals surface area contributed by atoms with E-state index in [0.717, 1.165) is 9.78 Å². The molecular weight excluding hydrogens is 407 g/mol. The Labute approximate surface area is 178 Å². The molecule has 2 amide bonds. The molecule has 2 saturated heterocycles. The number of fused-ring (bicyclic) bond motifs is 1. The minimum absolute atomic E-state index is 0.177. The number of ether oxygens (including phenoxy) is 1. The highest BCUT2D eigenvalue weighted by atomic mass is 32.1. The molecule has 0 bridgehead atoms. The number of halogens is 1. The average Bonchev–Trinajstić information content (AvgIpc) is 3.41. The summed E-state index contributed by atoms with van der Waals surface area (Å²) < 4.78 is 18.8. The molecule has 3 heterocycles. The third-order valence-electron chi connectivity index (χ3n) is 5.87. The highest BCUT2D eigenvalue weighted by molar-refractivity contribution is 7.10. The van der Waals surface area contributed by atoms with E-state index in [1.54, 1.807) is 6.92 Å². The van der Waals surface area contributed by atoms with Crippen molar-refractivity contribution in [1.29, 1.82) is 0 Å². The molecule has 8 heteroatoms. The molecule has 6 nitrogen and oxygen atoms in total. The fraction of sp³-hybridized carbons (Fsp3) is 0.409. The first kappa shape index (κ1) is 20.7. The fourth-order valence-corrected chi connectivity index (χ4v) is 5.56. The maximum atomic E-state index is 13.6. The van der Waals surface area contributed by atoms with Crippen LogP contribution >= 0.6 is 11.3 Å². The van der Waals surface area contributed by atoms with Crippen molar-refractivity contribution < 1.29 is 23.5 Å². The van der Waals surface area contributed by atoms with Crippen molar-refractivity contribution in [3.8, 4) is 0 Å². The van der Waals surface area contributed by atoms with Crippen LogP contribution in [0.25, 0.3) is 0 Å². The molecule has 0 aliphatic carbocycles. The number of imide groups is 1. The molecule has 158 valence electrons. The molecule has 4 rings (SSSR count). The number of nitrogens with zero attached hydrogens (tertiary/aromatic N) is 1. The number of anilines is 1. The van der Waals surface area contributed by atoms with Crippen LogP contribution in [0.15, 0.2) is 41.8 Å². The van der Waals surface area contributed by atoms with Gasteiger partial charge in [-0.05, 0) is 49.1 Å². The molecule has 0 spiro atoms. The van der Waals surface area contributed by atoms with Crippen molar-refractivity contribution in [1.82, 2.24) is 5.32 Å². The van der Waals surface area contributed by atoms with Gasteiger partial charge in [0.25, 0.3) is 0 Å². The normalized spacial score (nSPS) is 28.1. The summed E-state index contributed by atoms with van der Waals surface area (Å²) in [5, 5.41) is 5.24. The van der Waals surface area contributed by atoms with Gasteiger partial charge in [-0.25, -0.2) is 9.29 Å². The molecule has 1 aromatic heterocycles. The van der Waals surface area contributed by atoms with E-state index in [4.69, 9.17) is 4.74 Å². The summed E-state index contributed by atoms with van der Waals surface area (Å²) in [6.07, 6.45) is 0.995. The van der Waals surface area contributed by atoms with Crippen LogP contribution in [0.3, 0.4) is 0 Å². The van der Waals surface area contributed by atoms with Gasteiger partial charge in [0.2, 0.25) is 11.8 Å². The average molecular weight is 431 g/mol. The number of nitrogens with one attached hydrogen (secondary N) is 1. The van der Waals surface area contributed by atoms with E-state index in [-0.39, 0.29) is 12.5 Å². The number of hydrogen-bond acceptors (Lipinski definition) is 6. The quantitative estimate of drug-likeness (QED) is 0.561. The smallest absolute Gasteiger partial charge is 0.327 e. The number of carbonyl (C=O) groups is 3. The Balaban J connectivity index is 1.84. The first-order valence-corrected chi connectivity index (χ1v) is 10.9. The monoisotopic (exact) mass is 430 g/mol. The second kappa shape index (κ2) is 7.92. The molecule has 1 N–H and O–H groups in total. The second-order valence-corrected chi connectivity index (χ2v) is 8.55. The topological polar surface area (TPSA) is 75.7 Å². The van der Waals surface area contributed by atoms with Crippen LogP contribution in [-0.2, 0) is 19.1 Å². The van der Waals surface area contributed by atoms with Crippen molar-refractivity contribution >= 4 is 34.8 Å². The summed E-state index contributed by atoms with van der Waals surface area (Å²) >= 11 is 1.47. The molecule has 0 radical (unpaired) electrons. The van der Waals surface area contributed by atoms with E-state index in [1.165, 1.54) is 35.6 Å². The van der Waals surface area contributed by atoms with Gasteiger partial charge in [0.1, 0.15) is 11.4 Å². The number of benzene rings is 1. The predicted molar refractivity (Wildman–Crippen MR) is 110 cm³/mol. The van der Waals surface area contributed by atoms with E-state index < -0.39 is 41.1 Å². The Morgan fingerprint density at radius 3 is 2.53 bits per heavy atom. The Morgan fingerprint density at radius 1 is 1.20 bits per heavy atom. The van der Waals surface area contributed by atoms with E-state index in [0.29, 0.717) is 18.5 Å². The Morgan fingerprint density at radius 2 is 1.93 bits per heavy atom. The number of hydrogen-bond donors (Lipinski definition) is 1. The van der Waals surface area contributed by atoms with Crippen molar-refractivity contribution in [2.75, 3.05) is 11.5 Å². The SMILES string of the molecule is CCC[C@]1(C(=O)OCC)N[C@@H](c2cccs2)[C@H]2C(=O)N(c3ccc(F)cc3)C(=O)[C@@H]21. The van der Waals surface area contributed by atoms with Crippen LogP contribution in [0.5, 0.6) is 0 Å². The highest BCUT2D eigenvalue weighted by Gasteiger charge is 2.68. The summed E-state index contributed by atoms with van der Waals surface area (Å²) in [4.78, 5) is 42.2. The summed E-state index contributed by atoms with van der Waals surface area (Å²) in [6, 6.07) is 8.53. The number of esters is 1. The van der Waals surface area contributed by atoms with E-state index >= 15 is 0 Å². The van der Waals surface area contributed by atoms with Crippen LogP contribution in [0, 0.1) is 17.7 Å². The Hall–Kier alpha value is -2.58. The molecule has 4 atom stereocenters. The minimum Gasteiger partial charge on any atom is -0.465 e. The summed E-state index contributed by atoms with van der Waals surface area (Å²) in [6.45, 7) is 3.82. The molecule has 0 saturated carbocycles. The number of amides is 2. The van der Waals surface area contributed by atoms with Crippen molar-refractivity contribution in [3.05, 3.63) is 52.5 Å². The van der Waals surface area contributed by atoms with Gasteiger partial charge in [-0.3, -0.25) is 19.7 Å². The van der Waals surface area contributed by atoms with Gasteiger partial charge in [-0.1, -0.05) is 19.4 Å². The maximum absolute atomic E-state index is 13.6. The molecule has 2 aliphatic heterocycles. The lowest BCUT2D eigenvalue weighted by Gasteiger charge is -2.32. The van der Waals surface area contributed by atoms with Gasteiger partial charge in [0.15, 0.2) is 0 Å². The first-order valence-electron chi connectivity index (χ1n) is 10.1. The van der Waals surface area contributed by atoms with Crippen LogP contribution in [0.2, 0.25) is 0 Å². The molecule has 2 aromatic rings. The van der Waals surface area contributed by atoms with Crippen molar-refractivity contribution in [2.45, 2.75) is 38.3 Å². The van der Waals surface area contributed by atoms with Crippen LogP contribution < -0.4 is 10.2 Å². The summed E-state index contributed by atoms with van der Waals surface area (Å²) in [5.74, 6) is -3.43. The maximum Gasteiger partial charge on any atom is 0.327 e. The molecule has 1 aromatic carbocycles. The number of rotatable bonds is 6. The van der Waals surface area contributed by atoms with Crippen LogP contribution in [0.1, 0.15) is 37.6 Å². The molecular formula is C22H23FN2O4S. The molecule has 0 unspecified atom stereocenters. The lowest BCUT2D eigenvalue weighted by molar-refractivity contribution is -0.155. The zero-order valence-corrected chi connectivity index (χ0v) is 17.6. The first-order chi connectivity index (χ1) is 14.4. The third-order valence-corrected chi connectivity index (χ3v) is 6.83. The standard InChI is InChI=1S/C22H23FN2O4S/c1-3-11-22(21(28)29-4-2)17-16(18(24-22)15-6-5-12-30-15)19(26)25(20(17)27)14-9-7-13(23)8-10-14/h5-10,12,16-18,24H,3-4,11H2,1-2H3/t16-,17+,18-,22-/m0/s1. The van der Waals surface area contributed by atoms with Crippen molar-refractivity contribution in [3.63, 3.8) is 0 Å². The largest absolute Gasteiger partial charge is 0.465 e. The van der Waals surface area contributed by atoms with Gasteiger partial charge in [0.05, 0.1) is 30.2 Å². The highest BCUT2D eigenvalue weighted by Crippen LogP contribution is 2.52. The van der Waals surface area contributed by atoms with E-state index in [2.05, 4.69) is 5.32 Å². The minimum atomic E-state index is -1.29. The molecule has 2 aliphatic rings. The molecule has 2 fully saturated rings. The van der Waals surface area contributed by atoms with Crippen LogP contribution in [0.4, 0.5) is 10.1 Å². The fourth-order valence-electron chi connectivity index (χ4n) is 4.73. The summed E-state index contributed by atoms with van der Waals surface area (Å²) in [5.41, 5.74) is -0.981. The number of carbonyl (C=O) groups excluding carboxylic acids is 3. The Bertz CT molecular complexity index is 962. The second-order valence-electron chi connectivity index (χ2n) is 7.57. The van der Waals surface area contributed by atoms with Gasteiger partial charge in [0, 0.05) is 4.88 Å². The van der Waals surface area contributed by atoms with E-state index in [1.807, 2.05) is 24.4 Å². The van der Waals surface area contributed by atoms with Crippen LogP contribution in [-0.4, -0.2) is 29.9 Å². The predicted octanol–water partition coefficient (Wildman–Crippen LogP) is 3.44. The van der Waals surface area contributed by atoms with E-state index in [9.17, 15) is 18.8 Å². The zero-order valence-electron chi connectivity index (χ0n) is 16.8. The zero-order chi connectivity index (χ0) is 21.5. The lowest BCUT2D eigenvalue weighted by Crippen LogP contribution is -2.56. The lowest BCUT2D eigenvalue weighted by atomic mass is 9.77.